The van der Waals surface area contributed by atoms with Crippen molar-refractivity contribution in [3.05, 3.63) is 10.6 Å². The average molecular weight is 258 g/mol. The lowest BCUT2D eigenvalue weighted by Crippen LogP contribution is -2.30. The summed E-state index contributed by atoms with van der Waals surface area (Å²) in [6.07, 6.45) is 4.49. The number of aliphatic carboxylic acids is 1. The first-order valence-corrected chi connectivity index (χ1v) is 6.74. The molecule has 1 aromatic heterocycles. The number of carboxylic acids is 1. The molecule has 4 nitrogen and oxygen atoms in total. The Hall–Kier alpha value is -0.750. The lowest BCUT2D eigenvalue weighted by atomic mass is 10.0. The number of carboxylic acid groups (broad SMARTS) is 1. The number of thiazole rings is 1. The zero-order chi connectivity index (χ0) is 11.5. The number of thiol groups is 1. The highest BCUT2D eigenvalue weighted by molar-refractivity contribution is 7.80. The number of hydrogen-bond acceptors (Lipinski definition) is 5. The van der Waals surface area contributed by atoms with E-state index in [0.717, 1.165) is 18.5 Å². The van der Waals surface area contributed by atoms with Gasteiger partial charge in [-0.3, -0.25) is 0 Å². The zero-order valence-corrected chi connectivity index (χ0v) is 10.5. The number of hydrogen-bond donors (Lipinski definition) is 3. The first-order valence-electron chi connectivity index (χ1n) is 5.29. The van der Waals surface area contributed by atoms with Crippen LogP contribution in [0.15, 0.2) is 0 Å². The van der Waals surface area contributed by atoms with E-state index in [4.69, 9.17) is 5.11 Å². The van der Waals surface area contributed by atoms with Gasteiger partial charge in [-0.05, 0) is 25.7 Å². The molecule has 1 aromatic rings. The molecule has 16 heavy (non-hydrogen) atoms. The van der Waals surface area contributed by atoms with Gasteiger partial charge >= 0.3 is 5.97 Å². The van der Waals surface area contributed by atoms with Gasteiger partial charge in [0.25, 0.3) is 0 Å². The van der Waals surface area contributed by atoms with Crippen LogP contribution in [0.2, 0.25) is 0 Å². The van der Waals surface area contributed by atoms with E-state index < -0.39 is 12.0 Å². The number of nitrogens with one attached hydrogen (secondary N) is 1. The van der Waals surface area contributed by atoms with Gasteiger partial charge in [-0.25, -0.2) is 9.78 Å². The van der Waals surface area contributed by atoms with E-state index in [9.17, 15) is 4.79 Å². The maximum Gasteiger partial charge on any atom is 0.327 e. The van der Waals surface area contributed by atoms with Gasteiger partial charge in [-0.2, -0.15) is 12.6 Å². The Morgan fingerprint density at radius 3 is 2.94 bits per heavy atom. The zero-order valence-electron chi connectivity index (χ0n) is 8.77. The summed E-state index contributed by atoms with van der Waals surface area (Å²) in [6, 6.07) is -0.657. The lowest BCUT2D eigenvalue weighted by molar-refractivity contribution is -0.137. The van der Waals surface area contributed by atoms with Crippen LogP contribution >= 0.6 is 24.0 Å². The number of aryl methyl sites for hydroxylation is 2. The van der Waals surface area contributed by atoms with Crippen LogP contribution in [0.3, 0.4) is 0 Å². The standard InChI is InChI=1S/C10H14N2O2S2/c13-9(14)7(5-15)12-10-11-6-3-1-2-4-8(6)16-10/h7,15H,1-5H2,(H,11,12)(H,13,14). The van der Waals surface area contributed by atoms with Crippen LogP contribution in [-0.2, 0) is 17.6 Å². The van der Waals surface area contributed by atoms with Crippen LogP contribution in [0, 0.1) is 0 Å². The first kappa shape index (κ1) is 11.7. The Morgan fingerprint density at radius 2 is 2.31 bits per heavy atom. The highest BCUT2D eigenvalue weighted by atomic mass is 32.1. The molecule has 0 bridgehead atoms. The van der Waals surface area contributed by atoms with Gasteiger partial charge in [0.05, 0.1) is 5.69 Å². The summed E-state index contributed by atoms with van der Waals surface area (Å²) in [5.74, 6) is -0.622. The van der Waals surface area contributed by atoms with E-state index in [0.29, 0.717) is 5.13 Å². The lowest BCUT2D eigenvalue weighted by Gasteiger charge is -2.09. The fourth-order valence-corrected chi connectivity index (χ4v) is 3.10. The van der Waals surface area contributed by atoms with Gasteiger partial charge in [0.2, 0.25) is 0 Å². The molecule has 0 aliphatic heterocycles. The van der Waals surface area contributed by atoms with Crippen LogP contribution in [0.1, 0.15) is 23.4 Å². The summed E-state index contributed by atoms with van der Waals surface area (Å²) in [6.45, 7) is 0. The van der Waals surface area contributed by atoms with E-state index in [1.54, 1.807) is 11.3 Å². The fraction of sp³-hybridized carbons (Fsp3) is 0.600. The van der Waals surface area contributed by atoms with E-state index in [1.165, 1.54) is 17.7 Å². The van der Waals surface area contributed by atoms with Crippen LogP contribution < -0.4 is 5.32 Å². The van der Waals surface area contributed by atoms with Crippen molar-refractivity contribution in [3.63, 3.8) is 0 Å². The predicted molar refractivity (Wildman–Crippen MR) is 67.7 cm³/mol. The van der Waals surface area contributed by atoms with Crippen LogP contribution in [0.5, 0.6) is 0 Å². The molecule has 2 N–H and O–H groups in total. The van der Waals surface area contributed by atoms with Gasteiger partial charge in [0.15, 0.2) is 5.13 Å². The summed E-state index contributed by atoms with van der Waals surface area (Å²) < 4.78 is 0. The van der Waals surface area contributed by atoms with Crippen molar-refractivity contribution >= 4 is 35.1 Å². The van der Waals surface area contributed by atoms with Crippen molar-refractivity contribution in [2.24, 2.45) is 0 Å². The summed E-state index contributed by atoms with van der Waals surface area (Å²) in [5, 5.41) is 12.5. The largest absolute Gasteiger partial charge is 0.480 e. The molecule has 0 saturated heterocycles. The number of fused-ring (bicyclic) bond motifs is 1. The van der Waals surface area contributed by atoms with Crippen LogP contribution in [-0.4, -0.2) is 27.9 Å². The smallest absolute Gasteiger partial charge is 0.327 e. The highest BCUT2D eigenvalue weighted by Crippen LogP contribution is 2.29. The molecule has 88 valence electrons. The van der Waals surface area contributed by atoms with E-state index in [2.05, 4.69) is 22.9 Å². The number of rotatable bonds is 4. The Labute approximate surface area is 104 Å². The summed E-state index contributed by atoms with van der Waals surface area (Å²) in [7, 11) is 0. The van der Waals surface area contributed by atoms with Gasteiger partial charge in [-0.15, -0.1) is 11.3 Å². The molecule has 0 radical (unpaired) electrons. The van der Waals surface area contributed by atoms with E-state index in [-0.39, 0.29) is 5.75 Å². The second-order valence-electron chi connectivity index (χ2n) is 3.81. The van der Waals surface area contributed by atoms with Crippen molar-refractivity contribution < 1.29 is 9.90 Å². The molecular formula is C10H14N2O2S2. The van der Waals surface area contributed by atoms with Gasteiger partial charge in [-0.1, -0.05) is 0 Å². The molecule has 1 atom stereocenters. The van der Waals surface area contributed by atoms with Crippen molar-refractivity contribution in [1.29, 1.82) is 0 Å². The maximum absolute atomic E-state index is 10.8. The molecule has 0 spiro atoms. The van der Waals surface area contributed by atoms with E-state index >= 15 is 0 Å². The van der Waals surface area contributed by atoms with Crippen LogP contribution in [0.25, 0.3) is 0 Å². The molecule has 1 heterocycles. The Balaban J connectivity index is 2.09. The summed E-state index contributed by atoms with van der Waals surface area (Å²) >= 11 is 5.59. The van der Waals surface area contributed by atoms with Gasteiger partial charge in [0, 0.05) is 10.6 Å². The molecule has 6 heteroatoms. The minimum Gasteiger partial charge on any atom is -0.480 e. The normalized spacial score (nSPS) is 16.6. The Morgan fingerprint density at radius 1 is 1.56 bits per heavy atom. The molecule has 1 aliphatic rings. The number of anilines is 1. The third-order valence-electron chi connectivity index (χ3n) is 2.62. The molecule has 1 unspecified atom stereocenters. The number of carbonyl (C=O) groups is 1. The van der Waals surface area contributed by atoms with Gasteiger partial charge < -0.3 is 10.4 Å². The molecular weight excluding hydrogens is 244 g/mol. The Bertz CT molecular complexity index is 369. The van der Waals surface area contributed by atoms with Gasteiger partial charge in [0.1, 0.15) is 6.04 Å². The monoisotopic (exact) mass is 258 g/mol. The second-order valence-corrected chi connectivity index (χ2v) is 5.26. The van der Waals surface area contributed by atoms with Crippen LogP contribution in [0.4, 0.5) is 5.13 Å². The van der Waals surface area contributed by atoms with Crippen molar-refractivity contribution in [2.75, 3.05) is 11.1 Å². The number of nitrogens with zero attached hydrogens (tertiary/aromatic N) is 1. The van der Waals surface area contributed by atoms with Crippen molar-refractivity contribution in [2.45, 2.75) is 31.7 Å². The van der Waals surface area contributed by atoms with Crippen molar-refractivity contribution in [1.82, 2.24) is 4.98 Å². The molecule has 2 rings (SSSR count). The molecule has 0 saturated carbocycles. The second kappa shape index (κ2) is 5.05. The first-order chi connectivity index (χ1) is 7.70. The molecule has 0 amide bonds. The highest BCUT2D eigenvalue weighted by Gasteiger charge is 2.19. The Kier molecular flexibility index (Phi) is 3.70. The number of aromatic nitrogens is 1. The fourth-order valence-electron chi connectivity index (χ4n) is 1.75. The summed E-state index contributed by atoms with van der Waals surface area (Å²) in [5.41, 5.74) is 1.14. The predicted octanol–water partition coefficient (Wildman–Crippen LogP) is 1.82. The maximum atomic E-state index is 10.8. The van der Waals surface area contributed by atoms with Crippen molar-refractivity contribution in [3.8, 4) is 0 Å². The topological polar surface area (TPSA) is 62.2 Å². The third-order valence-corrected chi connectivity index (χ3v) is 4.08. The minimum absolute atomic E-state index is 0.263. The quantitative estimate of drug-likeness (QED) is 0.721. The summed E-state index contributed by atoms with van der Waals surface area (Å²) in [4.78, 5) is 16.6. The third kappa shape index (κ3) is 2.49. The molecule has 0 fully saturated rings. The molecule has 1 aliphatic carbocycles. The molecule has 0 aromatic carbocycles. The average Bonchev–Trinajstić information content (AvgIpc) is 2.67. The SMILES string of the molecule is O=C(O)C(CS)Nc1nc2c(s1)CCCC2. The van der Waals surface area contributed by atoms with E-state index in [1.807, 2.05) is 0 Å². The minimum atomic E-state index is -0.886.